The fourth-order valence-electron chi connectivity index (χ4n) is 3.77. The number of aromatic amines is 1. The quantitative estimate of drug-likeness (QED) is 0.273. The highest BCUT2D eigenvalue weighted by Crippen LogP contribution is 2.28. The van der Waals surface area contributed by atoms with Gasteiger partial charge in [0.25, 0.3) is 5.56 Å². The molecule has 5 rings (SSSR count). The predicted octanol–water partition coefficient (Wildman–Crippen LogP) is 3.72. The number of H-pyrrole nitrogens is 1. The van der Waals surface area contributed by atoms with Crippen molar-refractivity contribution in [2.45, 2.75) is 26.1 Å². The van der Waals surface area contributed by atoms with Crippen LogP contribution in [0.3, 0.4) is 0 Å². The Morgan fingerprint density at radius 2 is 1.79 bits per heavy atom. The van der Waals surface area contributed by atoms with Crippen molar-refractivity contribution in [1.29, 1.82) is 0 Å². The van der Waals surface area contributed by atoms with Crippen LogP contribution in [-0.2, 0) is 4.79 Å². The maximum absolute atomic E-state index is 13.6. The van der Waals surface area contributed by atoms with Gasteiger partial charge < -0.3 is 21.1 Å². The van der Waals surface area contributed by atoms with Crippen molar-refractivity contribution in [2.24, 2.45) is 0 Å². The second-order valence-electron chi connectivity index (χ2n) is 8.10. The number of hydrogen-bond acceptors (Lipinski definition) is 8. The molecular weight excluding hydrogens is 505 g/mol. The number of carbonyl (C=O) groups is 1. The zero-order chi connectivity index (χ0) is 27.6. The SMILES string of the molecule is Cc1cccc2nc(C(C)Nc3nc(N)nc4[nH]cnc34)c(-c3ccccc3)c(=O)n12.O=C(O)C(F)(F)F. The highest BCUT2D eigenvalue weighted by atomic mass is 19.4. The Labute approximate surface area is 212 Å². The van der Waals surface area contributed by atoms with Gasteiger partial charge in [-0.05, 0) is 31.5 Å². The van der Waals surface area contributed by atoms with Crippen LogP contribution in [0.5, 0.6) is 0 Å². The van der Waals surface area contributed by atoms with E-state index in [1.165, 1.54) is 6.33 Å². The van der Waals surface area contributed by atoms with Gasteiger partial charge in [-0.15, -0.1) is 0 Å². The maximum atomic E-state index is 13.6. The summed E-state index contributed by atoms with van der Waals surface area (Å²) in [6, 6.07) is 14.8. The average molecular weight is 526 g/mol. The molecule has 0 saturated heterocycles. The monoisotopic (exact) mass is 526 g/mol. The van der Waals surface area contributed by atoms with Gasteiger partial charge in [0.05, 0.1) is 23.6 Å². The van der Waals surface area contributed by atoms with Crippen LogP contribution in [0.25, 0.3) is 27.9 Å². The molecule has 4 aromatic heterocycles. The summed E-state index contributed by atoms with van der Waals surface area (Å²) in [5.41, 5.74) is 10.2. The molecule has 0 aliphatic rings. The first-order chi connectivity index (χ1) is 18.0. The molecular formula is C24H21F3N8O3. The number of nitrogen functional groups attached to an aromatic ring is 1. The van der Waals surface area contributed by atoms with E-state index in [-0.39, 0.29) is 17.5 Å². The highest BCUT2D eigenvalue weighted by Gasteiger charge is 2.38. The molecule has 14 heteroatoms. The summed E-state index contributed by atoms with van der Waals surface area (Å²) in [5, 5.41) is 10.4. The lowest BCUT2D eigenvalue weighted by molar-refractivity contribution is -0.192. The van der Waals surface area contributed by atoms with Gasteiger partial charge >= 0.3 is 12.1 Å². The number of nitrogens with one attached hydrogen (secondary N) is 2. The van der Waals surface area contributed by atoms with E-state index >= 15 is 0 Å². The van der Waals surface area contributed by atoms with Gasteiger partial charge in [-0.1, -0.05) is 36.4 Å². The molecule has 0 spiro atoms. The van der Waals surface area contributed by atoms with Gasteiger partial charge in [0.1, 0.15) is 11.2 Å². The molecule has 11 nitrogen and oxygen atoms in total. The van der Waals surface area contributed by atoms with Crippen LogP contribution < -0.4 is 16.6 Å². The molecule has 0 aliphatic heterocycles. The summed E-state index contributed by atoms with van der Waals surface area (Å²) < 4.78 is 33.4. The van der Waals surface area contributed by atoms with E-state index in [9.17, 15) is 18.0 Å². The molecule has 0 amide bonds. The molecule has 0 radical (unpaired) electrons. The summed E-state index contributed by atoms with van der Waals surface area (Å²) in [6.07, 6.45) is -3.55. The number of nitrogens with zero attached hydrogens (tertiary/aromatic N) is 5. The molecule has 0 saturated carbocycles. The van der Waals surface area contributed by atoms with Crippen LogP contribution in [0.4, 0.5) is 24.9 Å². The Hall–Kier alpha value is -5.01. The molecule has 0 bridgehead atoms. The van der Waals surface area contributed by atoms with E-state index in [1.54, 1.807) is 4.40 Å². The van der Waals surface area contributed by atoms with Gasteiger partial charge in [0, 0.05) is 5.69 Å². The molecule has 38 heavy (non-hydrogen) atoms. The number of halogens is 3. The molecule has 1 aromatic carbocycles. The number of carboxylic acid groups (broad SMARTS) is 1. The number of pyridine rings is 1. The number of aryl methyl sites for hydroxylation is 1. The first-order valence-electron chi connectivity index (χ1n) is 11.1. The lowest BCUT2D eigenvalue weighted by atomic mass is 10.0. The van der Waals surface area contributed by atoms with E-state index < -0.39 is 12.1 Å². The first kappa shape index (κ1) is 26.1. The highest BCUT2D eigenvalue weighted by molar-refractivity contribution is 5.84. The zero-order valence-electron chi connectivity index (χ0n) is 20.0. The normalized spacial score (nSPS) is 12.1. The van der Waals surface area contributed by atoms with Crippen molar-refractivity contribution in [2.75, 3.05) is 11.1 Å². The van der Waals surface area contributed by atoms with E-state index in [4.69, 9.17) is 20.6 Å². The van der Waals surface area contributed by atoms with Crippen molar-refractivity contribution in [3.63, 3.8) is 0 Å². The third-order valence-corrected chi connectivity index (χ3v) is 5.44. The van der Waals surface area contributed by atoms with Gasteiger partial charge in [-0.25, -0.2) is 14.8 Å². The minimum atomic E-state index is -5.08. The van der Waals surface area contributed by atoms with Crippen molar-refractivity contribution < 1.29 is 23.1 Å². The predicted molar refractivity (Wildman–Crippen MR) is 133 cm³/mol. The van der Waals surface area contributed by atoms with Crippen LogP contribution in [0.2, 0.25) is 0 Å². The second-order valence-corrected chi connectivity index (χ2v) is 8.10. The number of aromatic nitrogens is 6. The molecule has 5 aromatic rings. The van der Waals surface area contributed by atoms with E-state index in [0.717, 1.165) is 11.3 Å². The first-order valence-corrected chi connectivity index (χ1v) is 11.1. The molecule has 5 N–H and O–H groups in total. The van der Waals surface area contributed by atoms with Crippen LogP contribution in [0.15, 0.2) is 59.7 Å². The second kappa shape index (κ2) is 10.2. The average Bonchev–Trinajstić information content (AvgIpc) is 3.33. The van der Waals surface area contributed by atoms with Crippen LogP contribution in [0.1, 0.15) is 24.4 Å². The molecule has 1 atom stereocenters. The van der Waals surface area contributed by atoms with Crippen molar-refractivity contribution in [3.8, 4) is 11.1 Å². The summed E-state index contributed by atoms with van der Waals surface area (Å²) in [4.78, 5) is 43.0. The molecule has 0 aliphatic carbocycles. The molecule has 0 fully saturated rings. The number of fused-ring (bicyclic) bond motifs is 2. The minimum absolute atomic E-state index is 0.120. The van der Waals surface area contributed by atoms with Gasteiger partial charge in [-0.3, -0.25) is 9.20 Å². The van der Waals surface area contributed by atoms with Crippen LogP contribution in [-0.4, -0.2) is 46.6 Å². The third kappa shape index (κ3) is 5.23. The Kier molecular flexibility index (Phi) is 6.97. The van der Waals surface area contributed by atoms with Gasteiger partial charge in [0.2, 0.25) is 5.95 Å². The molecule has 196 valence electrons. The number of hydrogen-bond donors (Lipinski definition) is 4. The topological polar surface area (TPSA) is 164 Å². The Morgan fingerprint density at radius 1 is 1.11 bits per heavy atom. The van der Waals surface area contributed by atoms with Gasteiger partial charge in [0.15, 0.2) is 11.5 Å². The standard InChI is InChI=1S/C22H20N8O.C2HF3O2/c1-12-7-6-10-15-27-17(16(21(31)30(12)15)14-8-4-3-5-9-14)13(2)26-20-18-19(25-11-24-18)28-22(23)29-20;3-2(4,5)1(6)7/h3-11,13H,1-2H3,(H4,23,24,25,26,28,29);(H,6,7). The van der Waals surface area contributed by atoms with Crippen molar-refractivity contribution in [1.82, 2.24) is 29.3 Å². The van der Waals surface area contributed by atoms with E-state index in [2.05, 4.69) is 25.3 Å². The third-order valence-electron chi connectivity index (χ3n) is 5.44. The van der Waals surface area contributed by atoms with Gasteiger partial charge in [-0.2, -0.15) is 23.1 Å². The number of rotatable bonds is 4. The number of imidazole rings is 1. The molecule has 4 heterocycles. The Bertz CT molecular complexity index is 1680. The van der Waals surface area contributed by atoms with E-state index in [0.29, 0.717) is 33.9 Å². The fraction of sp³-hybridized carbons (Fsp3) is 0.167. The summed E-state index contributed by atoms with van der Waals surface area (Å²) >= 11 is 0. The fourth-order valence-corrected chi connectivity index (χ4v) is 3.77. The number of alkyl halides is 3. The summed E-state index contributed by atoms with van der Waals surface area (Å²) in [6.45, 7) is 3.82. The number of benzene rings is 1. The lowest BCUT2D eigenvalue weighted by Crippen LogP contribution is -2.24. The molecule has 1 unspecified atom stereocenters. The van der Waals surface area contributed by atoms with Crippen LogP contribution >= 0.6 is 0 Å². The zero-order valence-corrected chi connectivity index (χ0v) is 20.0. The maximum Gasteiger partial charge on any atom is 0.490 e. The number of carboxylic acids is 1. The van der Waals surface area contributed by atoms with E-state index in [1.807, 2.05) is 62.4 Å². The lowest BCUT2D eigenvalue weighted by Gasteiger charge is -2.19. The summed E-state index contributed by atoms with van der Waals surface area (Å²) in [5.74, 6) is -2.16. The smallest absolute Gasteiger partial charge is 0.475 e. The number of aliphatic carboxylic acids is 1. The Balaban J connectivity index is 0.000000426. The Morgan fingerprint density at radius 3 is 2.45 bits per heavy atom. The summed E-state index contributed by atoms with van der Waals surface area (Å²) in [7, 11) is 0. The largest absolute Gasteiger partial charge is 0.490 e. The van der Waals surface area contributed by atoms with Crippen molar-refractivity contribution >= 4 is 34.5 Å². The number of anilines is 2. The van der Waals surface area contributed by atoms with Crippen LogP contribution in [0, 0.1) is 6.92 Å². The minimum Gasteiger partial charge on any atom is -0.475 e. The van der Waals surface area contributed by atoms with Crippen molar-refractivity contribution in [3.05, 3.63) is 76.6 Å². The number of nitrogens with two attached hydrogens (primary N) is 1.